The second kappa shape index (κ2) is 6.96. The van der Waals surface area contributed by atoms with Gasteiger partial charge in [-0.2, -0.15) is 0 Å². The predicted octanol–water partition coefficient (Wildman–Crippen LogP) is 5.03. The van der Waals surface area contributed by atoms with Crippen molar-refractivity contribution in [1.29, 1.82) is 0 Å². The number of nitrogens with zero attached hydrogens (tertiary/aromatic N) is 3. The third kappa shape index (κ3) is 3.13. The van der Waals surface area contributed by atoms with E-state index in [9.17, 15) is 9.90 Å². The summed E-state index contributed by atoms with van der Waals surface area (Å²) in [5, 5.41) is 13.2. The van der Waals surface area contributed by atoms with Gasteiger partial charge < -0.3 is 9.67 Å². The van der Waals surface area contributed by atoms with Gasteiger partial charge in [-0.15, -0.1) is 11.3 Å². The smallest absolute Gasteiger partial charge is 0.354 e. The van der Waals surface area contributed by atoms with Gasteiger partial charge in [0, 0.05) is 22.7 Å². The summed E-state index contributed by atoms with van der Waals surface area (Å²) in [6.07, 6.45) is 3.42. The summed E-state index contributed by atoms with van der Waals surface area (Å²) < 4.78 is 3.00. The monoisotopic (exact) mass is 377 g/mol. The normalized spacial score (nSPS) is 11.4. The lowest BCUT2D eigenvalue weighted by atomic mass is 10.1. The van der Waals surface area contributed by atoms with E-state index in [0.29, 0.717) is 18.1 Å². The number of fused-ring (bicyclic) bond motifs is 1. The molecule has 3 heterocycles. The molecule has 0 saturated heterocycles. The van der Waals surface area contributed by atoms with E-state index in [1.807, 2.05) is 42.7 Å². The Hall–Kier alpha value is -2.99. The number of aromatic carboxylic acids is 1. The van der Waals surface area contributed by atoms with E-state index in [0.717, 1.165) is 16.5 Å². The molecule has 0 aliphatic carbocycles. The van der Waals surface area contributed by atoms with Crippen LogP contribution in [0.25, 0.3) is 21.5 Å². The molecule has 27 heavy (non-hydrogen) atoms. The number of imidazole rings is 1. The largest absolute Gasteiger partial charge is 0.477 e. The highest BCUT2D eigenvalue weighted by molar-refractivity contribution is 7.17. The predicted molar refractivity (Wildman–Crippen MR) is 107 cm³/mol. The molecule has 1 N–H and O–H groups in total. The molecule has 1 aromatic carbocycles. The number of carboxylic acids is 1. The molecule has 0 unspecified atom stereocenters. The highest BCUT2D eigenvalue weighted by atomic mass is 32.1. The van der Waals surface area contributed by atoms with Crippen molar-refractivity contribution in [2.45, 2.75) is 26.3 Å². The standard InChI is InChI=1S/C21H19N3O2S/c1-13(2)18-19(21(25)26)24(20(23-18)14-6-5-9-22-10-14)11-15-12-27-17-8-4-3-7-16(15)17/h3-10,12-13H,11H2,1-2H3,(H,25,26). The van der Waals surface area contributed by atoms with E-state index in [1.54, 1.807) is 23.7 Å². The van der Waals surface area contributed by atoms with Crippen LogP contribution < -0.4 is 0 Å². The fraction of sp³-hybridized carbons (Fsp3) is 0.190. The second-order valence-corrected chi connectivity index (χ2v) is 7.63. The van der Waals surface area contributed by atoms with Gasteiger partial charge in [-0.3, -0.25) is 4.98 Å². The molecule has 0 saturated carbocycles. The zero-order valence-electron chi connectivity index (χ0n) is 15.1. The minimum Gasteiger partial charge on any atom is -0.477 e. The van der Waals surface area contributed by atoms with Crippen LogP contribution in [0.4, 0.5) is 0 Å². The van der Waals surface area contributed by atoms with Crippen molar-refractivity contribution in [1.82, 2.24) is 14.5 Å². The number of pyridine rings is 1. The van der Waals surface area contributed by atoms with E-state index in [1.165, 1.54) is 4.70 Å². The van der Waals surface area contributed by atoms with Gasteiger partial charge in [-0.25, -0.2) is 9.78 Å². The lowest BCUT2D eigenvalue weighted by Crippen LogP contribution is -2.13. The molecule has 0 atom stereocenters. The summed E-state index contributed by atoms with van der Waals surface area (Å²) in [7, 11) is 0. The van der Waals surface area contributed by atoms with Crippen LogP contribution in [0.3, 0.4) is 0 Å². The molecule has 0 aliphatic heterocycles. The Bertz CT molecular complexity index is 1110. The molecule has 0 aliphatic rings. The molecule has 4 rings (SSSR count). The van der Waals surface area contributed by atoms with E-state index in [2.05, 4.69) is 22.5 Å². The zero-order valence-corrected chi connectivity index (χ0v) is 15.9. The van der Waals surface area contributed by atoms with Crippen LogP contribution >= 0.6 is 11.3 Å². The fourth-order valence-corrected chi connectivity index (χ4v) is 4.25. The third-order valence-corrected chi connectivity index (χ3v) is 5.57. The van der Waals surface area contributed by atoms with Crippen molar-refractivity contribution in [2.24, 2.45) is 0 Å². The molecular weight excluding hydrogens is 358 g/mol. The summed E-state index contributed by atoms with van der Waals surface area (Å²) >= 11 is 1.67. The first-order valence-corrected chi connectivity index (χ1v) is 9.63. The highest BCUT2D eigenvalue weighted by Gasteiger charge is 2.25. The Morgan fingerprint density at radius 1 is 1.22 bits per heavy atom. The lowest BCUT2D eigenvalue weighted by Gasteiger charge is -2.10. The van der Waals surface area contributed by atoms with Crippen LogP contribution in [0.5, 0.6) is 0 Å². The molecule has 0 bridgehead atoms. The number of hydrogen-bond donors (Lipinski definition) is 1. The van der Waals surface area contributed by atoms with Crippen LogP contribution in [0.1, 0.15) is 41.5 Å². The van der Waals surface area contributed by atoms with Gasteiger partial charge in [0.25, 0.3) is 0 Å². The van der Waals surface area contributed by atoms with E-state index in [-0.39, 0.29) is 11.6 Å². The average Bonchev–Trinajstić information content (AvgIpc) is 3.25. The lowest BCUT2D eigenvalue weighted by molar-refractivity contribution is 0.0684. The Morgan fingerprint density at radius 2 is 2.04 bits per heavy atom. The van der Waals surface area contributed by atoms with Gasteiger partial charge in [-0.1, -0.05) is 32.0 Å². The second-order valence-electron chi connectivity index (χ2n) is 6.71. The van der Waals surface area contributed by atoms with Gasteiger partial charge in [0.1, 0.15) is 5.82 Å². The minimum atomic E-state index is -0.958. The van der Waals surface area contributed by atoms with Gasteiger partial charge in [0.2, 0.25) is 0 Å². The van der Waals surface area contributed by atoms with Crippen LogP contribution in [-0.4, -0.2) is 25.6 Å². The van der Waals surface area contributed by atoms with Crippen molar-refractivity contribution in [2.75, 3.05) is 0 Å². The minimum absolute atomic E-state index is 0.00647. The maximum absolute atomic E-state index is 12.1. The molecule has 136 valence electrons. The van der Waals surface area contributed by atoms with E-state index >= 15 is 0 Å². The Labute approximate surface area is 161 Å². The molecule has 3 aromatic heterocycles. The number of hydrogen-bond acceptors (Lipinski definition) is 4. The summed E-state index contributed by atoms with van der Waals surface area (Å²) in [5.74, 6) is -0.313. The first-order chi connectivity index (χ1) is 13.1. The molecule has 5 nitrogen and oxygen atoms in total. The summed E-state index contributed by atoms with van der Waals surface area (Å²) in [6.45, 7) is 4.38. The van der Waals surface area contributed by atoms with Gasteiger partial charge in [0.15, 0.2) is 5.69 Å². The SMILES string of the molecule is CC(C)c1nc(-c2cccnc2)n(Cc2csc3ccccc23)c1C(=O)O. The van der Waals surface area contributed by atoms with Crippen molar-refractivity contribution in [3.8, 4) is 11.4 Å². The van der Waals surface area contributed by atoms with Crippen molar-refractivity contribution < 1.29 is 9.90 Å². The topological polar surface area (TPSA) is 68.0 Å². The van der Waals surface area contributed by atoms with Crippen LogP contribution in [0.15, 0.2) is 54.2 Å². The Balaban J connectivity index is 1.93. The van der Waals surface area contributed by atoms with Gasteiger partial charge in [0.05, 0.1) is 12.2 Å². The molecular formula is C21H19N3O2S. The number of carboxylic acid groups (broad SMARTS) is 1. The number of rotatable bonds is 5. The summed E-state index contributed by atoms with van der Waals surface area (Å²) in [4.78, 5) is 21.0. The van der Waals surface area contributed by atoms with Gasteiger partial charge >= 0.3 is 5.97 Å². The maximum atomic E-state index is 12.1. The molecule has 4 aromatic rings. The van der Waals surface area contributed by atoms with E-state index < -0.39 is 5.97 Å². The Morgan fingerprint density at radius 3 is 2.74 bits per heavy atom. The quantitative estimate of drug-likeness (QED) is 0.530. The number of thiophene rings is 1. The third-order valence-electron chi connectivity index (χ3n) is 4.55. The zero-order chi connectivity index (χ0) is 19.0. The molecule has 0 fully saturated rings. The fourth-order valence-electron chi connectivity index (χ4n) is 3.29. The first kappa shape index (κ1) is 17.4. The van der Waals surface area contributed by atoms with Crippen LogP contribution in [0, 0.1) is 0 Å². The highest BCUT2D eigenvalue weighted by Crippen LogP contribution is 2.31. The van der Waals surface area contributed by atoms with Crippen molar-refractivity contribution in [3.05, 3.63) is 71.1 Å². The number of carbonyl (C=O) groups is 1. The van der Waals surface area contributed by atoms with Crippen molar-refractivity contribution in [3.63, 3.8) is 0 Å². The van der Waals surface area contributed by atoms with Crippen LogP contribution in [0.2, 0.25) is 0 Å². The molecule has 0 amide bonds. The maximum Gasteiger partial charge on any atom is 0.354 e. The van der Waals surface area contributed by atoms with E-state index in [4.69, 9.17) is 4.98 Å². The van der Waals surface area contributed by atoms with Crippen molar-refractivity contribution >= 4 is 27.4 Å². The summed E-state index contributed by atoms with van der Waals surface area (Å²) in [5.41, 5.74) is 2.75. The molecule has 6 heteroatoms. The molecule has 0 radical (unpaired) electrons. The first-order valence-electron chi connectivity index (χ1n) is 8.75. The van der Waals surface area contributed by atoms with Crippen LogP contribution in [-0.2, 0) is 6.54 Å². The summed E-state index contributed by atoms with van der Waals surface area (Å²) in [6, 6.07) is 11.9. The molecule has 0 spiro atoms. The average molecular weight is 377 g/mol. The van der Waals surface area contributed by atoms with Gasteiger partial charge in [-0.05, 0) is 40.4 Å². The number of benzene rings is 1. The Kier molecular flexibility index (Phi) is 4.49. The number of aromatic nitrogens is 3.